The molecule has 6 aromatic carbocycles. The number of carboxylic acid groups (broad SMARTS) is 3. The van der Waals surface area contributed by atoms with Crippen LogP contribution in [0.2, 0.25) is 0 Å². The number of nitrogens with one attached hydrogen (secondary N) is 1. The predicted octanol–water partition coefficient (Wildman–Crippen LogP) is 13.8. The first-order valence-electron chi connectivity index (χ1n) is 30.8. The van der Waals surface area contributed by atoms with E-state index in [4.69, 9.17) is 24.4 Å². The van der Waals surface area contributed by atoms with E-state index in [0.29, 0.717) is 6.42 Å². The molecule has 0 radical (unpaired) electrons. The van der Waals surface area contributed by atoms with Crippen molar-refractivity contribution in [3.63, 3.8) is 0 Å². The second-order valence-electron chi connectivity index (χ2n) is 22.7. The van der Waals surface area contributed by atoms with Gasteiger partial charge in [-0.25, -0.2) is 24.9 Å². The van der Waals surface area contributed by atoms with E-state index in [1.54, 1.807) is 114 Å². The number of imidazole rings is 5. The molecule has 5 unspecified atom stereocenters. The van der Waals surface area contributed by atoms with Crippen LogP contribution in [-0.2, 0) is 33.4 Å². The molecule has 4 N–H and O–H groups in total. The third-order valence-corrected chi connectivity index (χ3v) is 16.8. The average Bonchev–Trinajstić information content (AvgIpc) is 1.81. The van der Waals surface area contributed by atoms with Gasteiger partial charge in [0.2, 0.25) is 0 Å². The van der Waals surface area contributed by atoms with Gasteiger partial charge in [-0.2, -0.15) is 0 Å². The SMILES string of the molecule is CC(C)(C(=O)O)C(c1ccc(Nc2ccc3ccccc3c2)cc1)n1ccnc1.COC(=O)CC(c1ccc(OC)cc1)n1ccnc1.COC(=O)CC(c1ccccc1)n1ccnc1.Cc1ccc(C(CC(=O)O)n2ccnc2)cc1.O=C(O)CC(c1cccs1)n1ccnc1. The summed E-state index contributed by atoms with van der Waals surface area (Å²) in [7, 11) is 4.41. The van der Waals surface area contributed by atoms with Gasteiger partial charge in [-0.05, 0) is 102 Å². The maximum Gasteiger partial charge on any atom is 0.311 e. The molecule has 22 nitrogen and oxygen atoms in total. The molecule has 6 aromatic heterocycles. The lowest BCUT2D eigenvalue weighted by atomic mass is 9.80. The van der Waals surface area contributed by atoms with Crippen LogP contribution in [0.5, 0.6) is 5.75 Å². The fourth-order valence-electron chi connectivity index (χ4n) is 10.6. The molecule has 5 atom stereocenters. The number of thiophene rings is 1. The summed E-state index contributed by atoms with van der Waals surface area (Å²) >= 11 is 1.56. The number of aryl methyl sites for hydroxylation is 1. The lowest BCUT2D eigenvalue weighted by Gasteiger charge is -2.32. The predicted molar refractivity (Wildman–Crippen MR) is 370 cm³/mol. The lowest BCUT2D eigenvalue weighted by Crippen LogP contribution is -2.35. The van der Waals surface area contributed by atoms with E-state index >= 15 is 0 Å². The van der Waals surface area contributed by atoms with E-state index in [1.165, 1.54) is 25.0 Å². The van der Waals surface area contributed by atoms with Gasteiger partial charge in [0.25, 0.3) is 0 Å². The molecular weight excluding hydrogens is 1250 g/mol. The highest BCUT2D eigenvalue weighted by Crippen LogP contribution is 2.38. The van der Waals surface area contributed by atoms with Crippen LogP contribution < -0.4 is 10.1 Å². The summed E-state index contributed by atoms with van der Waals surface area (Å²) in [6.07, 6.45) is 26.5. The summed E-state index contributed by atoms with van der Waals surface area (Å²) in [5.74, 6) is -2.17. The second-order valence-corrected chi connectivity index (χ2v) is 23.7. The summed E-state index contributed by atoms with van der Waals surface area (Å²) in [5.41, 5.74) is 6.09. The number of hydrogen-bond donors (Lipinski definition) is 4. The molecule has 0 aliphatic carbocycles. The molecule has 0 saturated heterocycles. The van der Waals surface area contributed by atoms with Crippen LogP contribution in [0.15, 0.2) is 257 Å². The van der Waals surface area contributed by atoms with Crippen molar-refractivity contribution in [1.29, 1.82) is 0 Å². The van der Waals surface area contributed by atoms with Crippen LogP contribution >= 0.6 is 11.3 Å². The van der Waals surface area contributed by atoms with Crippen LogP contribution in [0, 0.1) is 12.3 Å². The molecule has 0 bridgehead atoms. The number of carbonyl (C=O) groups is 5. The average molecular weight is 1330 g/mol. The molecule has 0 saturated carbocycles. The standard InChI is InChI=1S/C24H23N3O2.C14H16N2O3.2C13H14N2O2.C10H10N2O2S/c1-24(2,23(28)29)22(27-14-13-25-16-27)18-8-10-20(11-9-18)26-21-12-7-17-5-3-4-6-19(17)15-21;1-18-12-5-3-11(4-6-12)13(9-14(17)19-2)16-8-7-15-10-16;1-10-2-4-11(5-3-10)12(8-13(16)17)15-7-6-14-9-15;1-17-13(16)9-12(15-8-7-14-10-15)11-5-3-2-4-6-11;13-10(14)6-8(9-2-1-5-15-9)12-4-3-11-7-12/h3-16,22,26H,1-2H3,(H,28,29);3-8,10,13H,9H2,1-2H3;2-7,9,12H,8H2,1H3,(H,16,17);2-8,10,12H,9H2,1H3;1-5,7-8H,6H2,(H,13,14). The van der Waals surface area contributed by atoms with Crippen molar-refractivity contribution < 1.29 is 53.5 Å². The summed E-state index contributed by atoms with van der Waals surface area (Å²) in [5, 5.41) is 35.3. The van der Waals surface area contributed by atoms with Crippen molar-refractivity contribution >= 4 is 63.3 Å². The van der Waals surface area contributed by atoms with E-state index in [9.17, 15) is 29.1 Å². The Balaban J connectivity index is 0.000000159. The van der Waals surface area contributed by atoms with Crippen molar-refractivity contribution in [2.45, 2.75) is 76.7 Å². The Kier molecular flexibility index (Phi) is 26.0. The third kappa shape index (κ3) is 20.6. The zero-order chi connectivity index (χ0) is 69.1. The Morgan fingerprint density at radius 2 is 0.887 bits per heavy atom. The van der Waals surface area contributed by atoms with Gasteiger partial charge in [-0.15, -0.1) is 11.3 Å². The number of hydrogen-bond acceptors (Lipinski definition) is 15. The zero-order valence-electron chi connectivity index (χ0n) is 54.5. The van der Waals surface area contributed by atoms with Crippen LogP contribution in [0.25, 0.3) is 10.8 Å². The minimum atomic E-state index is -0.992. The highest BCUT2D eigenvalue weighted by Gasteiger charge is 2.39. The van der Waals surface area contributed by atoms with Gasteiger partial charge in [0, 0.05) is 78.2 Å². The van der Waals surface area contributed by atoms with E-state index in [2.05, 4.69) is 60.6 Å². The number of carbonyl (C=O) groups excluding carboxylic acids is 2. The third-order valence-electron chi connectivity index (χ3n) is 15.8. The summed E-state index contributed by atoms with van der Waals surface area (Å²) in [4.78, 5) is 77.6. The highest BCUT2D eigenvalue weighted by atomic mass is 32.1. The number of benzene rings is 6. The number of ether oxygens (including phenoxy) is 3. The Labute approximate surface area is 565 Å². The van der Waals surface area contributed by atoms with Crippen LogP contribution in [0.3, 0.4) is 0 Å². The molecule has 12 rings (SSSR count). The number of carboxylic acids is 3. The Morgan fingerprint density at radius 3 is 1.33 bits per heavy atom. The molecule has 12 aromatic rings. The molecule has 0 amide bonds. The quantitative estimate of drug-likeness (QED) is 0.0433. The molecule has 6 heterocycles. The number of esters is 2. The van der Waals surface area contributed by atoms with Gasteiger partial charge in [0.05, 0.1) is 114 Å². The van der Waals surface area contributed by atoms with Gasteiger partial charge in [-0.3, -0.25) is 24.0 Å². The minimum absolute atomic E-state index is 0.0550. The zero-order valence-corrected chi connectivity index (χ0v) is 55.3. The number of aromatic nitrogens is 10. The Morgan fingerprint density at radius 1 is 0.464 bits per heavy atom. The van der Waals surface area contributed by atoms with Crippen LogP contribution in [0.1, 0.15) is 102 Å². The molecule has 0 aliphatic rings. The topological polar surface area (TPSA) is 275 Å². The number of fused-ring (bicyclic) bond motifs is 1. The molecule has 0 spiro atoms. The van der Waals surface area contributed by atoms with Gasteiger partial charge in [0.15, 0.2) is 0 Å². The van der Waals surface area contributed by atoms with Crippen molar-refractivity contribution in [2.24, 2.45) is 5.41 Å². The number of methoxy groups -OCH3 is 3. The molecule has 500 valence electrons. The maximum absolute atomic E-state index is 11.9. The monoisotopic (exact) mass is 1330 g/mol. The smallest absolute Gasteiger partial charge is 0.311 e. The number of aliphatic carboxylic acids is 3. The van der Waals surface area contributed by atoms with Gasteiger partial charge < -0.3 is 57.7 Å². The summed E-state index contributed by atoms with van der Waals surface area (Å²) in [6.45, 7) is 5.48. The first-order chi connectivity index (χ1) is 46.9. The first-order valence-corrected chi connectivity index (χ1v) is 31.6. The molecule has 0 aliphatic heterocycles. The van der Waals surface area contributed by atoms with Gasteiger partial charge in [-0.1, -0.05) is 121 Å². The fourth-order valence-corrected chi connectivity index (χ4v) is 11.5. The largest absolute Gasteiger partial charge is 0.497 e. The molecule has 97 heavy (non-hydrogen) atoms. The van der Waals surface area contributed by atoms with Crippen LogP contribution in [0.4, 0.5) is 11.4 Å². The number of nitrogens with zero attached hydrogens (tertiary/aromatic N) is 10. The first kappa shape index (κ1) is 71.1. The number of anilines is 2. The van der Waals surface area contributed by atoms with E-state index in [1.807, 2.05) is 175 Å². The second kappa shape index (κ2) is 35.5. The van der Waals surface area contributed by atoms with E-state index in [0.717, 1.165) is 49.8 Å². The van der Waals surface area contributed by atoms with E-state index in [-0.39, 0.29) is 61.4 Å². The van der Waals surface area contributed by atoms with Crippen molar-refractivity contribution in [3.05, 3.63) is 289 Å². The maximum atomic E-state index is 11.9. The fraction of sp³-hybridized carbons (Fsp3) is 0.216. The molecule has 23 heteroatoms. The summed E-state index contributed by atoms with van der Waals surface area (Å²) < 4.78 is 23.9. The Bertz CT molecular complexity index is 4220. The van der Waals surface area contributed by atoms with Gasteiger partial charge >= 0.3 is 29.8 Å². The lowest BCUT2D eigenvalue weighted by molar-refractivity contribution is -0.149. The highest BCUT2D eigenvalue weighted by molar-refractivity contribution is 7.10. The molecular formula is C74H77N11O11S. The Hall–Kier alpha value is -11.7. The van der Waals surface area contributed by atoms with Crippen LogP contribution in [-0.4, -0.2) is 114 Å². The normalized spacial score (nSPS) is 12.3. The van der Waals surface area contributed by atoms with E-state index < -0.39 is 23.3 Å². The minimum Gasteiger partial charge on any atom is -0.497 e. The van der Waals surface area contributed by atoms with Crippen molar-refractivity contribution in [1.82, 2.24) is 47.8 Å². The van der Waals surface area contributed by atoms with Crippen molar-refractivity contribution in [3.8, 4) is 5.75 Å². The summed E-state index contributed by atoms with van der Waals surface area (Å²) in [6, 6.07) is 50.7. The number of rotatable bonds is 23. The van der Waals surface area contributed by atoms with Crippen molar-refractivity contribution in [2.75, 3.05) is 26.6 Å². The molecule has 0 fully saturated rings. The van der Waals surface area contributed by atoms with Gasteiger partial charge in [0.1, 0.15) is 5.75 Å².